The molecule has 1 aliphatic rings. The fourth-order valence-electron chi connectivity index (χ4n) is 5.03. The van der Waals surface area contributed by atoms with Gasteiger partial charge in [0.2, 0.25) is 0 Å². The third-order valence-corrected chi connectivity index (χ3v) is 6.44. The summed E-state index contributed by atoms with van der Waals surface area (Å²) in [7, 11) is 0. The van der Waals surface area contributed by atoms with Crippen LogP contribution >= 0.6 is 0 Å². The lowest BCUT2D eigenvalue weighted by atomic mass is 9.95. The molecule has 8 heteroatoms. The normalized spacial score (nSPS) is 18.5. The second kappa shape index (κ2) is 10.6. The van der Waals surface area contributed by atoms with Gasteiger partial charge in [0.05, 0.1) is 11.2 Å². The van der Waals surface area contributed by atoms with Gasteiger partial charge in [0.15, 0.2) is 0 Å². The highest BCUT2D eigenvalue weighted by Crippen LogP contribution is 2.30. The summed E-state index contributed by atoms with van der Waals surface area (Å²) < 4.78 is 44.5. The van der Waals surface area contributed by atoms with E-state index in [0.29, 0.717) is 24.5 Å². The average molecular weight is 499 g/mol. The highest BCUT2D eigenvalue weighted by Gasteiger charge is 2.24. The average Bonchev–Trinajstić information content (AvgIpc) is 2.77. The highest BCUT2D eigenvalue weighted by molar-refractivity contribution is 5.62. The molecule has 3 N–H and O–H groups in total. The van der Waals surface area contributed by atoms with Gasteiger partial charge < -0.3 is 15.7 Å². The second-order valence-electron chi connectivity index (χ2n) is 10.6. The zero-order valence-corrected chi connectivity index (χ0v) is 20.9. The molecule has 5 nitrogen and oxygen atoms in total. The molecule has 192 valence electrons. The van der Waals surface area contributed by atoms with Crippen molar-refractivity contribution in [1.82, 2.24) is 9.97 Å². The van der Waals surface area contributed by atoms with E-state index in [1.807, 2.05) is 12.3 Å². The lowest BCUT2D eigenvalue weighted by molar-refractivity contribution is 0.0809. The molecule has 4 rings (SSSR count). The Morgan fingerprint density at radius 1 is 1.06 bits per heavy atom. The Labute approximate surface area is 210 Å². The molecule has 36 heavy (non-hydrogen) atoms. The minimum Gasteiger partial charge on any atom is -0.390 e. The number of aromatic nitrogens is 2. The van der Waals surface area contributed by atoms with Gasteiger partial charge in [-0.1, -0.05) is 6.92 Å². The lowest BCUT2D eigenvalue weighted by Gasteiger charge is -2.37. The first-order valence-electron chi connectivity index (χ1n) is 12.3. The van der Waals surface area contributed by atoms with Gasteiger partial charge in [0, 0.05) is 49.3 Å². The molecule has 1 aromatic carbocycles. The van der Waals surface area contributed by atoms with Gasteiger partial charge >= 0.3 is 0 Å². The monoisotopic (exact) mass is 498 g/mol. The Hall–Kier alpha value is -2.97. The Morgan fingerprint density at radius 3 is 2.44 bits per heavy atom. The molecule has 1 aliphatic heterocycles. The number of nitrogens with two attached hydrogens (primary N) is 1. The van der Waals surface area contributed by atoms with Gasteiger partial charge in [-0.05, 0) is 80.5 Å². The summed E-state index contributed by atoms with van der Waals surface area (Å²) in [6.45, 7) is 6.96. The molecule has 0 bridgehead atoms. The van der Waals surface area contributed by atoms with Crippen molar-refractivity contribution >= 4 is 5.69 Å². The van der Waals surface area contributed by atoms with Crippen LogP contribution in [0.3, 0.4) is 0 Å². The SMILES string of the molecule is C[C@@H]1C[C@H](N)CN(c2ccncc2CCc2ccc(F)c(-c3c(F)cc(CC(C)(C)O)cc3F)n2)C1. The number of halogens is 3. The van der Waals surface area contributed by atoms with Gasteiger partial charge in [-0.15, -0.1) is 0 Å². The lowest BCUT2D eigenvalue weighted by Crippen LogP contribution is -2.46. The van der Waals surface area contributed by atoms with E-state index in [-0.39, 0.29) is 23.7 Å². The van der Waals surface area contributed by atoms with Crippen LogP contribution in [0.15, 0.2) is 42.7 Å². The largest absolute Gasteiger partial charge is 0.390 e. The van der Waals surface area contributed by atoms with E-state index >= 15 is 0 Å². The van der Waals surface area contributed by atoms with Crippen LogP contribution in [0.25, 0.3) is 11.3 Å². The molecule has 0 radical (unpaired) electrons. The summed E-state index contributed by atoms with van der Waals surface area (Å²) in [5.74, 6) is -2.15. The summed E-state index contributed by atoms with van der Waals surface area (Å²) in [6, 6.07) is 7.05. The number of anilines is 1. The quantitative estimate of drug-likeness (QED) is 0.488. The Balaban J connectivity index is 1.57. The number of rotatable bonds is 7. The first kappa shape index (κ1) is 26.1. The van der Waals surface area contributed by atoms with Crippen LogP contribution in [-0.2, 0) is 19.3 Å². The maximum absolute atomic E-state index is 14.9. The number of nitrogens with zero attached hydrogens (tertiary/aromatic N) is 3. The van der Waals surface area contributed by atoms with E-state index < -0.39 is 28.6 Å². The predicted octanol–water partition coefficient (Wildman–Crippen LogP) is 4.83. The zero-order chi connectivity index (χ0) is 26.0. The Morgan fingerprint density at radius 2 is 1.78 bits per heavy atom. The van der Waals surface area contributed by atoms with E-state index in [9.17, 15) is 18.3 Å². The van der Waals surface area contributed by atoms with Crippen molar-refractivity contribution in [1.29, 1.82) is 0 Å². The second-order valence-corrected chi connectivity index (χ2v) is 10.6. The van der Waals surface area contributed by atoms with Gasteiger partial charge in [-0.3, -0.25) is 4.98 Å². The van der Waals surface area contributed by atoms with E-state index in [1.54, 1.807) is 20.0 Å². The van der Waals surface area contributed by atoms with Crippen molar-refractivity contribution in [3.05, 3.63) is 77.0 Å². The fraction of sp³-hybridized carbons (Fsp3) is 0.429. The molecule has 1 saturated heterocycles. The molecule has 2 atom stereocenters. The van der Waals surface area contributed by atoms with Crippen LogP contribution in [0.4, 0.5) is 18.9 Å². The fourth-order valence-corrected chi connectivity index (χ4v) is 5.03. The molecule has 0 aliphatic carbocycles. The maximum atomic E-state index is 14.9. The van der Waals surface area contributed by atoms with Gasteiger partial charge in [-0.2, -0.15) is 0 Å². The number of benzene rings is 1. The van der Waals surface area contributed by atoms with Crippen molar-refractivity contribution in [3.8, 4) is 11.3 Å². The molecular formula is C28H33F3N4O. The number of piperidine rings is 1. The molecule has 0 saturated carbocycles. The van der Waals surface area contributed by atoms with Crippen molar-refractivity contribution in [2.24, 2.45) is 11.7 Å². The molecular weight excluding hydrogens is 465 g/mol. The molecule has 0 amide bonds. The maximum Gasteiger partial charge on any atom is 0.149 e. The molecule has 0 spiro atoms. The van der Waals surface area contributed by atoms with Crippen molar-refractivity contribution < 1.29 is 18.3 Å². The smallest absolute Gasteiger partial charge is 0.149 e. The zero-order valence-electron chi connectivity index (χ0n) is 20.9. The van der Waals surface area contributed by atoms with Crippen molar-refractivity contribution in [3.63, 3.8) is 0 Å². The first-order valence-corrected chi connectivity index (χ1v) is 12.3. The molecule has 1 fully saturated rings. The van der Waals surface area contributed by atoms with Crippen LogP contribution < -0.4 is 10.6 Å². The van der Waals surface area contributed by atoms with E-state index in [1.165, 1.54) is 12.1 Å². The van der Waals surface area contributed by atoms with Gasteiger partial charge in [0.1, 0.15) is 23.1 Å². The van der Waals surface area contributed by atoms with E-state index in [0.717, 1.165) is 42.9 Å². The first-order chi connectivity index (χ1) is 17.0. The highest BCUT2D eigenvalue weighted by atomic mass is 19.1. The standard InChI is InChI=1S/C28H33F3N4O/c1-17-10-20(32)16-35(15-17)25-8-9-33-14-19(25)4-5-21-6-7-22(29)27(34-21)26-23(30)11-18(12-24(26)31)13-28(2,3)36/h6-9,11-12,14,17,20,36H,4-5,10,13,15-16,32H2,1-3H3/t17-,20+/m1/s1. The van der Waals surface area contributed by atoms with Gasteiger partial charge in [-0.25, -0.2) is 18.2 Å². The number of aliphatic hydroxyl groups is 1. The minimum absolute atomic E-state index is 0.0607. The van der Waals surface area contributed by atoms with Crippen LogP contribution in [0.5, 0.6) is 0 Å². The van der Waals surface area contributed by atoms with Crippen molar-refractivity contribution in [2.75, 3.05) is 18.0 Å². The van der Waals surface area contributed by atoms with Crippen LogP contribution in [0.2, 0.25) is 0 Å². The number of aryl methyl sites for hydroxylation is 2. The van der Waals surface area contributed by atoms with Crippen LogP contribution in [0.1, 0.15) is 44.0 Å². The molecule has 3 aromatic rings. The summed E-state index contributed by atoms with van der Waals surface area (Å²) in [6.07, 6.45) is 5.64. The number of hydrogen-bond donors (Lipinski definition) is 2. The van der Waals surface area contributed by atoms with E-state index in [4.69, 9.17) is 5.73 Å². The summed E-state index contributed by atoms with van der Waals surface area (Å²) in [5.41, 5.74) is 7.12. The van der Waals surface area contributed by atoms with Crippen LogP contribution in [-0.4, -0.2) is 39.8 Å². The number of hydrogen-bond acceptors (Lipinski definition) is 5. The van der Waals surface area contributed by atoms with Crippen LogP contribution in [0, 0.1) is 23.4 Å². The Bertz CT molecular complexity index is 1190. The number of pyridine rings is 2. The predicted molar refractivity (Wildman–Crippen MR) is 135 cm³/mol. The topological polar surface area (TPSA) is 75.3 Å². The van der Waals surface area contributed by atoms with Crippen molar-refractivity contribution in [2.45, 2.75) is 58.1 Å². The molecule has 3 heterocycles. The van der Waals surface area contributed by atoms with E-state index in [2.05, 4.69) is 21.8 Å². The molecule has 2 aromatic heterocycles. The Kier molecular flexibility index (Phi) is 7.66. The third-order valence-electron chi connectivity index (χ3n) is 6.44. The summed E-state index contributed by atoms with van der Waals surface area (Å²) >= 11 is 0. The van der Waals surface area contributed by atoms with Gasteiger partial charge in [0.25, 0.3) is 0 Å². The third kappa shape index (κ3) is 6.23. The minimum atomic E-state index is -1.13. The summed E-state index contributed by atoms with van der Waals surface area (Å²) in [4.78, 5) is 10.8. The summed E-state index contributed by atoms with van der Waals surface area (Å²) in [5, 5.41) is 9.97. The molecule has 0 unspecified atom stereocenters.